The van der Waals surface area contributed by atoms with Gasteiger partial charge in [-0.3, -0.25) is 4.68 Å². The summed E-state index contributed by atoms with van der Waals surface area (Å²) < 4.78 is 7.31. The monoisotopic (exact) mass is 442 g/mol. The van der Waals surface area contributed by atoms with Crippen LogP contribution in [0.2, 0.25) is 5.15 Å². The molecular weight excluding hydrogens is 416 g/mol. The van der Waals surface area contributed by atoms with Crippen molar-refractivity contribution in [2.75, 3.05) is 30.9 Å². The molecule has 31 heavy (non-hydrogen) atoms. The SMILES string of the molecule is CCc1nn(Cc2ccc(OC)cc2)c(CN2CC(CO)c3c(Cl)nc(N)nc32)c1C. The molecule has 3 aromatic rings. The van der Waals surface area contributed by atoms with Crippen molar-refractivity contribution in [2.24, 2.45) is 0 Å². The molecule has 164 valence electrons. The Labute approximate surface area is 186 Å². The van der Waals surface area contributed by atoms with Crippen LogP contribution in [-0.2, 0) is 19.5 Å². The summed E-state index contributed by atoms with van der Waals surface area (Å²) >= 11 is 6.34. The van der Waals surface area contributed by atoms with Gasteiger partial charge in [0.1, 0.15) is 16.7 Å². The quantitative estimate of drug-likeness (QED) is 0.542. The zero-order chi connectivity index (χ0) is 22.1. The van der Waals surface area contributed by atoms with E-state index in [1.54, 1.807) is 7.11 Å². The van der Waals surface area contributed by atoms with Gasteiger partial charge in [0.05, 0.1) is 38.2 Å². The predicted octanol–water partition coefficient (Wildman–Crippen LogP) is 2.93. The number of nitrogens with two attached hydrogens (primary N) is 1. The number of hydrogen-bond acceptors (Lipinski definition) is 7. The van der Waals surface area contributed by atoms with Crippen LogP contribution in [0.15, 0.2) is 24.3 Å². The Morgan fingerprint density at radius 3 is 2.61 bits per heavy atom. The van der Waals surface area contributed by atoms with Crippen molar-refractivity contribution < 1.29 is 9.84 Å². The lowest BCUT2D eigenvalue weighted by atomic mass is 10.1. The second-order valence-corrected chi connectivity index (χ2v) is 8.11. The molecule has 8 nitrogen and oxygen atoms in total. The van der Waals surface area contributed by atoms with Gasteiger partial charge in [0.15, 0.2) is 0 Å². The zero-order valence-electron chi connectivity index (χ0n) is 18.0. The van der Waals surface area contributed by atoms with Crippen molar-refractivity contribution in [1.29, 1.82) is 0 Å². The second-order valence-electron chi connectivity index (χ2n) is 7.75. The van der Waals surface area contributed by atoms with Crippen molar-refractivity contribution in [1.82, 2.24) is 19.7 Å². The molecule has 1 aliphatic heterocycles. The van der Waals surface area contributed by atoms with E-state index in [1.807, 2.05) is 28.9 Å². The maximum absolute atomic E-state index is 9.88. The molecule has 3 heterocycles. The topological polar surface area (TPSA) is 102 Å². The smallest absolute Gasteiger partial charge is 0.223 e. The number of hydrogen-bond donors (Lipinski definition) is 2. The number of fused-ring (bicyclic) bond motifs is 1. The number of ether oxygens (including phenoxy) is 1. The third kappa shape index (κ3) is 4.05. The molecule has 1 aromatic carbocycles. The van der Waals surface area contributed by atoms with Gasteiger partial charge < -0.3 is 20.5 Å². The van der Waals surface area contributed by atoms with Gasteiger partial charge >= 0.3 is 0 Å². The van der Waals surface area contributed by atoms with E-state index in [0.29, 0.717) is 30.6 Å². The van der Waals surface area contributed by atoms with Crippen molar-refractivity contribution in [3.63, 3.8) is 0 Å². The summed E-state index contributed by atoms with van der Waals surface area (Å²) in [5, 5.41) is 15.1. The van der Waals surface area contributed by atoms with Crippen molar-refractivity contribution in [2.45, 2.75) is 39.3 Å². The van der Waals surface area contributed by atoms with E-state index in [2.05, 4.69) is 28.7 Å². The Balaban J connectivity index is 1.68. The third-order valence-corrected chi connectivity index (χ3v) is 6.14. The highest BCUT2D eigenvalue weighted by molar-refractivity contribution is 6.30. The number of rotatable bonds is 7. The van der Waals surface area contributed by atoms with Gasteiger partial charge in [-0.1, -0.05) is 30.7 Å². The highest BCUT2D eigenvalue weighted by atomic mass is 35.5. The van der Waals surface area contributed by atoms with E-state index in [1.165, 1.54) is 0 Å². The minimum Gasteiger partial charge on any atom is -0.497 e. The molecule has 3 N–H and O–H groups in total. The maximum atomic E-state index is 9.88. The van der Waals surface area contributed by atoms with Gasteiger partial charge in [-0.15, -0.1) is 0 Å². The summed E-state index contributed by atoms with van der Waals surface area (Å²) in [6.45, 7) is 6.02. The van der Waals surface area contributed by atoms with Crippen molar-refractivity contribution >= 4 is 23.4 Å². The predicted molar refractivity (Wildman–Crippen MR) is 121 cm³/mol. The molecule has 0 spiro atoms. The molecule has 0 saturated heterocycles. The first-order valence-electron chi connectivity index (χ1n) is 10.3. The number of benzene rings is 1. The Morgan fingerprint density at radius 2 is 1.97 bits per heavy atom. The third-order valence-electron chi connectivity index (χ3n) is 5.85. The number of aromatic nitrogens is 4. The first-order valence-corrected chi connectivity index (χ1v) is 10.7. The van der Waals surface area contributed by atoms with E-state index in [4.69, 9.17) is 27.2 Å². The molecule has 4 rings (SSSR count). The minimum absolute atomic E-state index is 0.0270. The van der Waals surface area contributed by atoms with E-state index < -0.39 is 0 Å². The molecule has 0 radical (unpaired) electrons. The molecule has 9 heteroatoms. The lowest BCUT2D eigenvalue weighted by molar-refractivity contribution is 0.270. The average molecular weight is 443 g/mol. The first-order chi connectivity index (χ1) is 14.9. The number of aliphatic hydroxyl groups excluding tert-OH is 1. The van der Waals surface area contributed by atoms with Crippen molar-refractivity contribution in [3.8, 4) is 5.75 Å². The molecule has 2 aromatic heterocycles. The molecule has 0 bridgehead atoms. The molecule has 1 unspecified atom stereocenters. The highest BCUT2D eigenvalue weighted by Gasteiger charge is 2.34. The molecule has 0 fully saturated rings. The van der Waals surface area contributed by atoms with Gasteiger partial charge in [0.2, 0.25) is 5.95 Å². The largest absolute Gasteiger partial charge is 0.497 e. The summed E-state index contributed by atoms with van der Waals surface area (Å²) in [5.41, 5.74) is 11.1. The zero-order valence-corrected chi connectivity index (χ0v) is 18.7. The fraction of sp³-hybridized carbons (Fsp3) is 0.409. The lowest BCUT2D eigenvalue weighted by Gasteiger charge is -2.20. The Kier molecular flexibility index (Phi) is 6.02. The minimum atomic E-state index is -0.146. The van der Waals surface area contributed by atoms with Gasteiger partial charge in [0, 0.05) is 18.0 Å². The van der Waals surface area contributed by atoms with Crippen LogP contribution in [0.4, 0.5) is 11.8 Å². The highest BCUT2D eigenvalue weighted by Crippen LogP contribution is 2.40. The Bertz CT molecular complexity index is 1080. The van der Waals surface area contributed by atoms with Gasteiger partial charge in [-0.25, -0.2) is 4.98 Å². The fourth-order valence-electron chi connectivity index (χ4n) is 4.16. The number of nitrogens with zero attached hydrogens (tertiary/aromatic N) is 5. The number of nitrogen functional groups attached to an aromatic ring is 1. The maximum Gasteiger partial charge on any atom is 0.223 e. The molecule has 1 atom stereocenters. The number of methoxy groups -OCH3 is 1. The molecule has 0 amide bonds. The van der Waals surface area contributed by atoms with Crippen LogP contribution in [0, 0.1) is 6.92 Å². The summed E-state index contributed by atoms with van der Waals surface area (Å²) in [4.78, 5) is 10.6. The summed E-state index contributed by atoms with van der Waals surface area (Å²) in [5.74, 6) is 1.50. The van der Waals surface area contributed by atoms with E-state index in [9.17, 15) is 5.11 Å². The molecule has 0 saturated carbocycles. The van der Waals surface area contributed by atoms with Crippen molar-refractivity contribution in [3.05, 3.63) is 57.5 Å². The molecule has 1 aliphatic rings. The fourth-order valence-corrected chi connectivity index (χ4v) is 4.49. The van der Waals surface area contributed by atoms with Crippen LogP contribution >= 0.6 is 11.6 Å². The van der Waals surface area contributed by atoms with Crippen LogP contribution < -0.4 is 15.4 Å². The Hall–Kier alpha value is -2.84. The van der Waals surface area contributed by atoms with Crippen LogP contribution in [-0.4, -0.2) is 45.1 Å². The number of aliphatic hydroxyl groups is 1. The van der Waals surface area contributed by atoms with Gasteiger partial charge in [-0.2, -0.15) is 10.1 Å². The molecule has 0 aliphatic carbocycles. The van der Waals surface area contributed by atoms with Crippen LogP contribution in [0.5, 0.6) is 5.75 Å². The number of halogens is 1. The van der Waals surface area contributed by atoms with E-state index in [0.717, 1.165) is 40.2 Å². The van der Waals surface area contributed by atoms with Crippen LogP contribution in [0.1, 0.15) is 40.9 Å². The first kappa shape index (κ1) is 21.4. The van der Waals surface area contributed by atoms with Gasteiger partial charge in [0.25, 0.3) is 0 Å². The van der Waals surface area contributed by atoms with E-state index in [-0.39, 0.29) is 18.5 Å². The van der Waals surface area contributed by atoms with Gasteiger partial charge in [-0.05, 0) is 36.6 Å². The summed E-state index contributed by atoms with van der Waals surface area (Å²) in [6.07, 6.45) is 0.852. The van der Waals surface area contributed by atoms with Crippen LogP contribution in [0.3, 0.4) is 0 Å². The van der Waals surface area contributed by atoms with Crippen LogP contribution in [0.25, 0.3) is 0 Å². The van der Waals surface area contributed by atoms with E-state index >= 15 is 0 Å². The standard InChI is InChI=1S/C22H27ClN6O2/c1-4-17-13(2)18(29(27-17)9-14-5-7-16(31-3)8-6-14)11-28-10-15(12-30)19-20(23)25-22(24)26-21(19)28/h5-8,15,30H,4,9-12H2,1-3H3,(H2,24,25,26). The summed E-state index contributed by atoms with van der Waals surface area (Å²) in [7, 11) is 1.66. The number of aryl methyl sites for hydroxylation is 1. The number of anilines is 2. The second kappa shape index (κ2) is 8.72. The summed E-state index contributed by atoms with van der Waals surface area (Å²) in [6, 6.07) is 8.00. The normalized spacial score (nSPS) is 15.4. The Morgan fingerprint density at radius 1 is 1.23 bits per heavy atom. The average Bonchev–Trinajstić information content (AvgIpc) is 3.26. The lowest BCUT2D eigenvalue weighted by Crippen LogP contribution is -2.25. The molecular formula is C22H27ClN6O2.